The number of aliphatic hydroxyl groups is 1. The zero-order valence-electron chi connectivity index (χ0n) is 7.60. The molecule has 13 heavy (non-hydrogen) atoms. The third-order valence-corrected chi connectivity index (χ3v) is 1.98. The van der Waals surface area contributed by atoms with Crippen molar-refractivity contribution in [1.29, 1.82) is 0 Å². The molecule has 0 aromatic carbocycles. The van der Waals surface area contributed by atoms with E-state index in [4.69, 9.17) is 4.74 Å². The maximum absolute atomic E-state index is 10.7. The monoisotopic (exact) mass is 186 g/mol. The largest absolute Gasteiger partial charge is 0.466 e. The van der Waals surface area contributed by atoms with E-state index in [9.17, 15) is 9.90 Å². The Labute approximate surface area is 77.1 Å². The minimum atomic E-state index is -0.707. The van der Waals surface area contributed by atoms with Gasteiger partial charge in [0.1, 0.15) is 0 Å². The fourth-order valence-electron chi connectivity index (χ4n) is 1.24. The van der Waals surface area contributed by atoms with E-state index in [1.165, 1.54) is 19.3 Å². The molecule has 0 aromatic heterocycles. The lowest BCUT2D eigenvalue weighted by Gasteiger charge is -2.12. The Morgan fingerprint density at radius 2 is 2.54 bits per heavy atom. The van der Waals surface area contributed by atoms with Crippen molar-refractivity contribution in [2.45, 2.75) is 25.0 Å². The third-order valence-electron chi connectivity index (χ3n) is 1.98. The molecule has 1 aliphatic rings. The molecule has 0 aliphatic carbocycles. The van der Waals surface area contributed by atoms with E-state index in [2.05, 4.69) is 4.74 Å². The van der Waals surface area contributed by atoms with E-state index in [-0.39, 0.29) is 6.10 Å². The van der Waals surface area contributed by atoms with Gasteiger partial charge in [-0.1, -0.05) is 0 Å². The highest BCUT2D eigenvalue weighted by Gasteiger charge is 2.21. The van der Waals surface area contributed by atoms with Crippen molar-refractivity contribution in [1.82, 2.24) is 0 Å². The highest BCUT2D eigenvalue weighted by molar-refractivity contribution is 5.81. The molecule has 0 radical (unpaired) electrons. The molecule has 1 fully saturated rings. The van der Waals surface area contributed by atoms with Gasteiger partial charge in [0.15, 0.2) is 0 Å². The maximum Gasteiger partial charge on any atom is 0.330 e. The van der Waals surface area contributed by atoms with Crippen LogP contribution in [0.3, 0.4) is 0 Å². The van der Waals surface area contributed by atoms with Crippen molar-refractivity contribution in [2.75, 3.05) is 13.7 Å². The van der Waals surface area contributed by atoms with Gasteiger partial charge in [-0.05, 0) is 18.9 Å². The lowest BCUT2D eigenvalue weighted by Crippen LogP contribution is -2.22. The Kier molecular flexibility index (Phi) is 3.92. The quantitative estimate of drug-likeness (QED) is 0.507. The number of carbonyl (C=O) groups excluding carboxylic acids is 1. The van der Waals surface area contributed by atoms with E-state index in [1.807, 2.05) is 0 Å². The topological polar surface area (TPSA) is 55.8 Å². The van der Waals surface area contributed by atoms with E-state index >= 15 is 0 Å². The number of ether oxygens (including phenoxy) is 2. The van der Waals surface area contributed by atoms with E-state index in [0.717, 1.165) is 12.8 Å². The van der Waals surface area contributed by atoms with E-state index < -0.39 is 12.1 Å². The van der Waals surface area contributed by atoms with Crippen LogP contribution in [-0.2, 0) is 14.3 Å². The van der Waals surface area contributed by atoms with Crippen molar-refractivity contribution < 1.29 is 19.4 Å². The molecule has 74 valence electrons. The van der Waals surface area contributed by atoms with Crippen molar-refractivity contribution in [2.24, 2.45) is 0 Å². The lowest BCUT2D eigenvalue weighted by atomic mass is 10.1. The summed E-state index contributed by atoms with van der Waals surface area (Å²) < 4.78 is 9.61. The molecule has 1 aliphatic heterocycles. The molecule has 0 aromatic rings. The lowest BCUT2D eigenvalue weighted by molar-refractivity contribution is -0.134. The average molecular weight is 186 g/mol. The van der Waals surface area contributed by atoms with Crippen LogP contribution in [0, 0.1) is 0 Å². The summed E-state index contributed by atoms with van der Waals surface area (Å²) in [6, 6.07) is 0. The molecule has 0 bridgehead atoms. The van der Waals surface area contributed by atoms with Crippen LogP contribution < -0.4 is 0 Å². The van der Waals surface area contributed by atoms with Crippen molar-refractivity contribution in [3.8, 4) is 0 Å². The number of rotatable bonds is 3. The summed E-state index contributed by atoms with van der Waals surface area (Å²) in [6.45, 7) is 0.688. The summed E-state index contributed by atoms with van der Waals surface area (Å²) in [5.74, 6) is -0.461. The summed E-state index contributed by atoms with van der Waals surface area (Å²) in [5.41, 5.74) is 0. The fourth-order valence-corrected chi connectivity index (χ4v) is 1.24. The summed E-state index contributed by atoms with van der Waals surface area (Å²) in [7, 11) is 1.30. The molecule has 1 rings (SSSR count). The van der Waals surface area contributed by atoms with Crippen LogP contribution in [0.5, 0.6) is 0 Å². The normalized spacial score (nSPS) is 24.9. The Morgan fingerprint density at radius 1 is 1.77 bits per heavy atom. The molecular formula is C9H14O4. The van der Waals surface area contributed by atoms with Gasteiger partial charge in [-0.25, -0.2) is 4.79 Å². The number of esters is 1. The second kappa shape index (κ2) is 4.99. The standard InChI is InChI=1S/C9H14O4/c1-12-9(11)5-4-7(10)8-3-2-6-13-8/h4-5,7-8,10H,2-3,6H2,1H3/b5-4+. The number of aliphatic hydroxyl groups excluding tert-OH is 1. The van der Waals surface area contributed by atoms with Crippen molar-refractivity contribution in [3.05, 3.63) is 12.2 Å². The zero-order chi connectivity index (χ0) is 9.68. The first-order valence-electron chi connectivity index (χ1n) is 4.30. The number of hydrogen-bond acceptors (Lipinski definition) is 4. The third kappa shape index (κ3) is 3.16. The predicted molar refractivity (Wildman–Crippen MR) is 46.1 cm³/mol. The molecular weight excluding hydrogens is 172 g/mol. The summed E-state index contributed by atoms with van der Waals surface area (Å²) in [5, 5.41) is 9.47. The molecule has 2 atom stereocenters. The van der Waals surface area contributed by atoms with Gasteiger partial charge in [0, 0.05) is 12.7 Å². The molecule has 2 unspecified atom stereocenters. The molecule has 4 heteroatoms. The van der Waals surface area contributed by atoms with E-state index in [0.29, 0.717) is 6.61 Å². The smallest absolute Gasteiger partial charge is 0.330 e. The Bertz CT molecular complexity index is 194. The van der Waals surface area contributed by atoms with Crippen LogP contribution in [0.4, 0.5) is 0 Å². The summed E-state index contributed by atoms with van der Waals surface area (Å²) in [6.07, 6.45) is 3.55. The molecule has 0 amide bonds. The maximum atomic E-state index is 10.7. The Morgan fingerprint density at radius 3 is 3.08 bits per heavy atom. The van der Waals surface area contributed by atoms with Crippen molar-refractivity contribution in [3.63, 3.8) is 0 Å². The number of methoxy groups -OCH3 is 1. The summed E-state index contributed by atoms with van der Waals surface area (Å²) >= 11 is 0. The number of hydrogen-bond donors (Lipinski definition) is 1. The Balaban J connectivity index is 2.34. The first kappa shape index (κ1) is 10.2. The molecule has 1 saturated heterocycles. The highest BCUT2D eigenvalue weighted by Crippen LogP contribution is 2.16. The SMILES string of the molecule is COC(=O)/C=C/C(O)C1CCCO1. The van der Waals surface area contributed by atoms with Gasteiger partial charge in [0.25, 0.3) is 0 Å². The van der Waals surface area contributed by atoms with E-state index in [1.54, 1.807) is 0 Å². The van der Waals surface area contributed by atoms with Gasteiger partial charge in [-0.15, -0.1) is 0 Å². The van der Waals surface area contributed by atoms with Crippen LogP contribution in [0.1, 0.15) is 12.8 Å². The summed E-state index contributed by atoms with van der Waals surface area (Å²) in [4.78, 5) is 10.7. The first-order valence-corrected chi connectivity index (χ1v) is 4.30. The minimum absolute atomic E-state index is 0.166. The molecule has 1 N–H and O–H groups in total. The van der Waals surface area contributed by atoms with Gasteiger partial charge < -0.3 is 14.6 Å². The molecule has 1 heterocycles. The molecule has 0 saturated carbocycles. The van der Waals surface area contributed by atoms with Crippen molar-refractivity contribution >= 4 is 5.97 Å². The zero-order valence-corrected chi connectivity index (χ0v) is 7.60. The van der Waals surface area contributed by atoms with Crippen LogP contribution in [-0.4, -0.2) is 37.0 Å². The molecule has 4 nitrogen and oxygen atoms in total. The van der Waals surface area contributed by atoms with Gasteiger partial charge in [-0.2, -0.15) is 0 Å². The van der Waals surface area contributed by atoms with Gasteiger partial charge in [0.05, 0.1) is 19.3 Å². The van der Waals surface area contributed by atoms with Gasteiger partial charge >= 0.3 is 5.97 Å². The minimum Gasteiger partial charge on any atom is -0.466 e. The van der Waals surface area contributed by atoms with Crippen LogP contribution >= 0.6 is 0 Å². The fraction of sp³-hybridized carbons (Fsp3) is 0.667. The second-order valence-electron chi connectivity index (χ2n) is 2.92. The van der Waals surface area contributed by atoms with Crippen LogP contribution in [0.15, 0.2) is 12.2 Å². The van der Waals surface area contributed by atoms with Gasteiger partial charge in [-0.3, -0.25) is 0 Å². The van der Waals surface area contributed by atoms with Gasteiger partial charge in [0.2, 0.25) is 0 Å². The highest BCUT2D eigenvalue weighted by atomic mass is 16.5. The Hall–Kier alpha value is -0.870. The number of carbonyl (C=O) groups is 1. The van der Waals surface area contributed by atoms with Crippen LogP contribution in [0.2, 0.25) is 0 Å². The first-order chi connectivity index (χ1) is 6.24. The predicted octanol–water partition coefficient (Wildman–Crippen LogP) is 0.255. The van der Waals surface area contributed by atoms with Crippen LogP contribution in [0.25, 0.3) is 0 Å². The second-order valence-corrected chi connectivity index (χ2v) is 2.92. The average Bonchev–Trinajstić information content (AvgIpc) is 2.66. The molecule has 0 spiro atoms.